The summed E-state index contributed by atoms with van der Waals surface area (Å²) in [6.07, 6.45) is 0. The van der Waals surface area contributed by atoms with Crippen LogP contribution in [0.1, 0.15) is 11.1 Å². The second-order valence-electron chi connectivity index (χ2n) is 5.42. The fourth-order valence-corrected chi connectivity index (χ4v) is 2.77. The normalized spacial score (nSPS) is 11.0. The van der Waals surface area contributed by atoms with Gasteiger partial charge in [-0.05, 0) is 61.4 Å². The van der Waals surface area contributed by atoms with E-state index < -0.39 is 0 Å². The molecule has 0 aliphatic carbocycles. The van der Waals surface area contributed by atoms with Gasteiger partial charge in [-0.15, -0.1) is 0 Å². The zero-order valence-electron chi connectivity index (χ0n) is 12.4. The molecule has 0 saturated heterocycles. The van der Waals surface area contributed by atoms with E-state index in [4.69, 9.17) is 34.5 Å². The van der Waals surface area contributed by atoms with Gasteiger partial charge >= 0.3 is 0 Å². The SMILES string of the molecule is Cc1cc2nc(-c3ccc(Cl)cc3)n(CC(N)=S)c2cc1C. The van der Waals surface area contributed by atoms with Crippen molar-refractivity contribution < 1.29 is 0 Å². The molecule has 3 aromatic rings. The molecular formula is C17H16ClN3S. The summed E-state index contributed by atoms with van der Waals surface area (Å²) in [6, 6.07) is 11.9. The molecule has 0 spiro atoms. The van der Waals surface area contributed by atoms with Crippen LogP contribution in [0.3, 0.4) is 0 Å². The standard InChI is InChI=1S/C17H16ClN3S/c1-10-7-14-15(8-11(10)2)21(9-16(19)22)17(20-14)12-3-5-13(18)6-4-12/h3-8H,9H2,1-2H3,(H2,19,22). The first kappa shape index (κ1) is 15.0. The van der Waals surface area contributed by atoms with E-state index in [1.165, 1.54) is 11.1 Å². The Bertz CT molecular complexity index is 866. The van der Waals surface area contributed by atoms with Crippen LogP contribution in [-0.2, 0) is 6.54 Å². The van der Waals surface area contributed by atoms with Gasteiger partial charge in [-0.3, -0.25) is 0 Å². The quantitative estimate of drug-likeness (QED) is 0.730. The second-order valence-corrected chi connectivity index (χ2v) is 6.38. The average Bonchev–Trinajstić information content (AvgIpc) is 2.78. The number of halogens is 1. The molecule has 0 radical (unpaired) electrons. The first-order valence-electron chi connectivity index (χ1n) is 6.97. The third-order valence-corrected chi connectivity index (χ3v) is 4.16. The number of benzene rings is 2. The van der Waals surface area contributed by atoms with Gasteiger partial charge in [0.2, 0.25) is 0 Å². The van der Waals surface area contributed by atoms with Crippen molar-refractivity contribution in [2.75, 3.05) is 0 Å². The molecule has 1 aromatic heterocycles. The molecule has 0 atom stereocenters. The summed E-state index contributed by atoms with van der Waals surface area (Å²) in [6.45, 7) is 4.64. The first-order chi connectivity index (χ1) is 10.5. The van der Waals surface area contributed by atoms with Gasteiger partial charge in [0.15, 0.2) is 0 Å². The average molecular weight is 330 g/mol. The smallest absolute Gasteiger partial charge is 0.141 e. The number of imidazole rings is 1. The van der Waals surface area contributed by atoms with Crippen LogP contribution >= 0.6 is 23.8 Å². The summed E-state index contributed by atoms with van der Waals surface area (Å²) in [5.74, 6) is 0.851. The number of fused-ring (bicyclic) bond motifs is 1. The minimum atomic E-state index is 0.438. The second kappa shape index (κ2) is 5.71. The Morgan fingerprint density at radius 3 is 2.45 bits per heavy atom. The van der Waals surface area contributed by atoms with E-state index >= 15 is 0 Å². The largest absolute Gasteiger partial charge is 0.392 e. The molecule has 0 bridgehead atoms. The fraction of sp³-hybridized carbons (Fsp3) is 0.176. The highest BCUT2D eigenvalue weighted by Gasteiger charge is 2.14. The Labute approximate surface area is 139 Å². The number of aromatic nitrogens is 2. The molecule has 3 nitrogen and oxygen atoms in total. The van der Waals surface area contributed by atoms with Crippen molar-refractivity contribution in [1.82, 2.24) is 9.55 Å². The number of hydrogen-bond acceptors (Lipinski definition) is 2. The molecule has 22 heavy (non-hydrogen) atoms. The van der Waals surface area contributed by atoms with Crippen LogP contribution in [0.15, 0.2) is 36.4 Å². The fourth-order valence-electron chi connectivity index (χ4n) is 2.52. The van der Waals surface area contributed by atoms with Gasteiger partial charge in [-0.1, -0.05) is 23.8 Å². The number of rotatable bonds is 3. The Morgan fingerprint density at radius 1 is 1.18 bits per heavy atom. The van der Waals surface area contributed by atoms with Crippen molar-refractivity contribution >= 4 is 39.8 Å². The monoisotopic (exact) mass is 329 g/mol. The third-order valence-electron chi connectivity index (χ3n) is 3.78. The lowest BCUT2D eigenvalue weighted by Gasteiger charge is -2.09. The predicted molar refractivity (Wildman–Crippen MR) is 96.4 cm³/mol. The lowest BCUT2D eigenvalue weighted by molar-refractivity contribution is 0.895. The first-order valence-corrected chi connectivity index (χ1v) is 7.76. The third kappa shape index (κ3) is 2.72. The van der Waals surface area contributed by atoms with Crippen molar-refractivity contribution in [2.45, 2.75) is 20.4 Å². The summed E-state index contributed by atoms with van der Waals surface area (Å²) < 4.78 is 2.06. The van der Waals surface area contributed by atoms with E-state index in [9.17, 15) is 0 Å². The van der Waals surface area contributed by atoms with E-state index in [1.54, 1.807) is 0 Å². The summed E-state index contributed by atoms with van der Waals surface area (Å²) in [4.78, 5) is 5.21. The minimum absolute atomic E-state index is 0.438. The van der Waals surface area contributed by atoms with E-state index in [2.05, 4.69) is 30.5 Å². The van der Waals surface area contributed by atoms with Gasteiger partial charge in [0.05, 0.1) is 22.6 Å². The molecule has 0 aliphatic heterocycles. The van der Waals surface area contributed by atoms with Gasteiger partial charge in [0, 0.05) is 10.6 Å². The van der Waals surface area contributed by atoms with E-state index in [1.807, 2.05) is 24.3 Å². The highest BCUT2D eigenvalue weighted by atomic mass is 35.5. The number of hydrogen-bond donors (Lipinski definition) is 1. The number of nitrogens with two attached hydrogens (primary N) is 1. The van der Waals surface area contributed by atoms with E-state index in [0.717, 1.165) is 22.4 Å². The van der Waals surface area contributed by atoms with Crippen molar-refractivity contribution in [1.29, 1.82) is 0 Å². The molecular weight excluding hydrogens is 314 g/mol. The van der Waals surface area contributed by atoms with Gasteiger partial charge in [-0.25, -0.2) is 4.98 Å². The maximum atomic E-state index is 5.98. The van der Waals surface area contributed by atoms with Crippen LogP contribution in [0, 0.1) is 13.8 Å². The molecule has 3 rings (SSSR count). The predicted octanol–water partition coefficient (Wildman–Crippen LogP) is 4.26. The topological polar surface area (TPSA) is 43.8 Å². The van der Waals surface area contributed by atoms with Gasteiger partial charge in [-0.2, -0.15) is 0 Å². The number of aryl methyl sites for hydroxylation is 2. The molecule has 2 N–H and O–H groups in total. The van der Waals surface area contributed by atoms with E-state index in [-0.39, 0.29) is 0 Å². The van der Waals surface area contributed by atoms with Crippen LogP contribution in [-0.4, -0.2) is 14.5 Å². The molecule has 0 unspecified atom stereocenters. The van der Waals surface area contributed by atoms with Crippen LogP contribution in [0.4, 0.5) is 0 Å². The van der Waals surface area contributed by atoms with Crippen LogP contribution in [0.25, 0.3) is 22.4 Å². The summed E-state index contributed by atoms with van der Waals surface area (Å²) in [5, 5.41) is 0.701. The lowest BCUT2D eigenvalue weighted by atomic mass is 10.1. The summed E-state index contributed by atoms with van der Waals surface area (Å²) >= 11 is 11.1. The summed E-state index contributed by atoms with van der Waals surface area (Å²) in [5.41, 5.74) is 11.2. The highest BCUT2D eigenvalue weighted by molar-refractivity contribution is 7.80. The molecule has 0 aliphatic rings. The minimum Gasteiger partial charge on any atom is -0.392 e. The Balaban J connectivity index is 2.28. The van der Waals surface area contributed by atoms with Crippen molar-refractivity contribution in [2.24, 2.45) is 5.73 Å². The van der Waals surface area contributed by atoms with Gasteiger partial charge in [0.1, 0.15) is 5.82 Å². The van der Waals surface area contributed by atoms with Crippen LogP contribution in [0.2, 0.25) is 5.02 Å². The zero-order chi connectivity index (χ0) is 15.9. The van der Waals surface area contributed by atoms with Gasteiger partial charge in [0.25, 0.3) is 0 Å². The van der Waals surface area contributed by atoms with Gasteiger partial charge < -0.3 is 10.3 Å². The molecule has 2 aromatic carbocycles. The molecule has 0 saturated carbocycles. The van der Waals surface area contributed by atoms with Crippen LogP contribution < -0.4 is 5.73 Å². The Morgan fingerprint density at radius 2 is 1.82 bits per heavy atom. The number of nitrogens with zero attached hydrogens (tertiary/aromatic N) is 2. The molecule has 0 fully saturated rings. The van der Waals surface area contributed by atoms with Crippen molar-refractivity contribution in [3.8, 4) is 11.4 Å². The maximum absolute atomic E-state index is 5.98. The Hall–Kier alpha value is -1.91. The lowest BCUT2D eigenvalue weighted by Crippen LogP contribution is -2.17. The molecule has 5 heteroatoms. The maximum Gasteiger partial charge on any atom is 0.141 e. The Kier molecular flexibility index (Phi) is 3.89. The zero-order valence-corrected chi connectivity index (χ0v) is 14.0. The molecule has 1 heterocycles. The summed E-state index contributed by atoms with van der Waals surface area (Å²) in [7, 11) is 0. The molecule has 112 valence electrons. The van der Waals surface area contributed by atoms with Crippen LogP contribution in [0.5, 0.6) is 0 Å². The van der Waals surface area contributed by atoms with E-state index in [0.29, 0.717) is 16.6 Å². The van der Waals surface area contributed by atoms with Crippen molar-refractivity contribution in [3.63, 3.8) is 0 Å². The van der Waals surface area contributed by atoms with Crippen molar-refractivity contribution in [3.05, 3.63) is 52.5 Å². The highest BCUT2D eigenvalue weighted by Crippen LogP contribution is 2.27. The number of thiocarbonyl (C=S) groups is 1. The molecule has 0 amide bonds.